The Hall–Kier alpha value is -0.860. The Kier molecular flexibility index (Phi) is 5.37. The van der Waals surface area contributed by atoms with Crippen molar-refractivity contribution in [1.29, 1.82) is 0 Å². The molecule has 0 fully saturated rings. The minimum absolute atomic E-state index is 0.306. The summed E-state index contributed by atoms with van der Waals surface area (Å²) in [4.78, 5) is 3.98. The lowest BCUT2D eigenvalue weighted by Gasteiger charge is -2.17. The van der Waals surface area contributed by atoms with Crippen molar-refractivity contribution in [2.45, 2.75) is 25.3 Å². The molecular formula is C12H17ClN2. The van der Waals surface area contributed by atoms with Gasteiger partial charge in [-0.2, -0.15) is 0 Å². The Morgan fingerprint density at radius 1 is 1.67 bits per heavy atom. The number of rotatable bonds is 6. The molecule has 0 saturated heterocycles. The number of pyridine rings is 1. The lowest BCUT2D eigenvalue weighted by molar-refractivity contribution is 0.530. The molecule has 1 atom stereocenters. The number of aromatic nitrogens is 1. The predicted octanol–water partition coefficient (Wildman–Crippen LogP) is 3.35. The molecule has 0 aliphatic rings. The molecule has 0 amide bonds. The normalized spacial score (nSPS) is 12.4. The maximum Gasteiger partial charge on any atom is 0.0637 e. The van der Waals surface area contributed by atoms with Crippen molar-refractivity contribution in [2.24, 2.45) is 0 Å². The Bertz CT molecular complexity index is 312. The van der Waals surface area contributed by atoms with Gasteiger partial charge in [0.05, 0.1) is 5.02 Å². The van der Waals surface area contributed by atoms with Crippen molar-refractivity contribution < 1.29 is 0 Å². The summed E-state index contributed by atoms with van der Waals surface area (Å²) in [7, 11) is 1.95. The number of halogens is 1. The van der Waals surface area contributed by atoms with Crippen molar-refractivity contribution in [1.82, 2.24) is 10.3 Å². The Labute approximate surface area is 96.4 Å². The zero-order valence-electron chi connectivity index (χ0n) is 9.04. The van der Waals surface area contributed by atoms with Crippen molar-refractivity contribution in [3.05, 3.63) is 41.7 Å². The molecule has 0 aromatic carbocycles. The van der Waals surface area contributed by atoms with Gasteiger partial charge in [0.1, 0.15) is 0 Å². The maximum atomic E-state index is 6.09. The number of unbranched alkanes of at least 4 members (excludes halogenated alkanes) is 1. The second-order valence-corrected chi connectivity index (χ2v) is 3.87. The molecule has 1 heterocycles. The number of hydrogen-bond donors (Lipinski definition) is 1. The van der Waals surface area contributed by atoms with Crippen LogP contribution in [0.4, 0.5) is 0 Å². The van der Waals surface area contributed by atoms with Crippen LogP contribution < -0.4 is 5.32 Å². The number of hydrogen-bond acceptors (Lipinski definition) is 2. The van der Waals surface area contributed by atoms with Gasteiger partial charge in [-0.05, 0) is 37.9 Å². The highest BCUT2D eigenvalue weighted by Crippen LogP contribution is 2.25. The molecule has 0 spiro atoms. The van der Waals surface area contributed by atoms with Crippen molar-refractivity contribution in [3.63, 3.8) is 0 Å². The third kappa shape index (κ3) is 3.65. The average molecular weight is 225 g/mol. The summed E-state index contributed by atoms with van der Waals surface area (Å²) in [5, 5.41) is 4.00. The zero-order chi connectivity index (χ0) is 11.1. The fourth-order valence-electron chi connectivity index (χ4n) is 1.59. The minimum atomic E-state index is 0.306. The lowest BCUT2D eigenvalue weighted by Crippen LogP contribution is -2.16. The SMILES string of the molecule is C=CCCCC(NC)c1ccncc1Cl. The van der Waals surface area contributed by atoms with Gasteiger partial charge in [0.2, 0.25) is 0 Å². The predicted molar refractivity (Wildman–Crippen MR) is 65.1 cm³/mol. The van der Waals surface area contributed by atoms with Crippen LogP contribution in [0.25, 0.3) is 0 Å². The molecule has 82 valence electrons. The smallest absolute Gasteiger partial charge is 0.0637 e. The van der Waals surface area contributed by atoms with Crippen LogP contribution >= 0.6 is 11.6 Å². The first-order valence-corrected chi connectivity index (χ1v) is 5.55. The summed E-state index contributed by atoms with van der Waals surface area (Å²) < 4.78 is 0. The summed E-state index contributed by atoms with van der Waals surface area (Å²) in [6, 6.07) is 2.28. The molecule has 15 heavy (non-hydrogen) atoms. The molecule has 0 aliphatic carbocycles. The molecule has 0 bridgehead atoms. The fourth-order valence-corrected chi connectivity index (χ4v) is 1.84. The third-order valence-corrected chi connectivity index (χ3v) is 2.74. The average Bonchev–Trinajstić information content (AvgIpc) is 2.26. The van der Waals surface area contributed by atoms with Gasteiger partial charge in [0.25, 0.3) is 0 Å². The number of allylic oxidation sites excluding steroid dienone is 1. The van der Waals surface area contributed by atoms with Gasteiger partial charge in [-0.1, -0.05) is 17.7 Å². The molecule has 0 radical (unpaired) electrons. The molecule has 0 aliphatic heterocycles. The van der Waals surface area contributed by atoms with Crippen LogP contribution in [-0.4, -0.2) is 12.0 Å². The minimum Gasteiger partial charge on any atom is -0.313 e. The summed E-state index contributed by atoms with van der Waals surface area (Å²) in [6.45, 7) is 3.72. The summed E-state index contributed by atoms with van der Waals surface area (Å²) in [5.74, 6) is 0. The Morgan fingerprint density at radius 2 is 2.47 bits per heavy atom. The monoisotopic (exact) mass is 224 g/mol. The van der Waals surface area contributed by atoms with E-state index < -0.39 is 0 Å². The summed E-state index contributed by atoms with van der Waals surface area (Å²) in [5.41, 5.74) is 1.12. The van der Waals surface area contributed by atoms with E-state index in [1.165, 1.54) is 0 Å². The topological polar surface area (TPSA) is 24.9 Å². The van der Waals surface area contributed by atoms with E-state index in [0.29, 0.717) is 6.04 Å². The molecule has 3 heteroatoms. The third-order valence-electron chi connectivity index (χ3n) is 2.43. The van der Waals surface area contributed by atoms with E-state index >= 15 is 0 Å². The van der Waals surface area contributed by atoms with E-state index in [9.17, 15) is 0 Å². The Balaban J connectivity index is 2.65. The van der Waals surface area contributed by atoms with E-state index in [0.717, 1.165) is 29.8 Å². The molecule has 0 saturated carbocycles. The maximum absolute atomic E-state index is 6.09. The van der Waals surface area contributed by atoms with Crippen molar-refractivity contribution >= 4 is 11.6 Å². The molecule has 2 nitrogen and oxygen atoms in total. The fraction of sp³-hybridized carbons (Fsp3) is 0.417. The first-order chi connectivity index (χ1) is 7.29. The van der Waals surface area contributed by atoms with Gasteiger partial charge in [-0.25, -0.2) is 0 Å². The van der Waals surface area contributed by atoms with Gasteiger partial charge >= 0.3 is 0 Å². The van der Waals surface area contributed by atoms with Gasteiger partial charge in [-0.3, -0.25) is 4.98 Å². The van der Waals surface area contributed by atoms with Gasteiger partial charge in [0, 0.05) is 18.4 Å². The van der Waals surface area contributed by atoms with Crippen LogP contribution in [0.1, 0.15) is 30.9 Å². The van der Waals surface area contributed by atoms with E-state index in [4.69, 9.17) is 11.6 Å². The van der Waals surface area contributed by atoms with Gasteiger partial charge in [0.15, 0.2) is 0 Å². The van der Waals surface area contributed by atoms with Gasteiger partial charge in [-0.15, -0.1) is 6.58 Å². The highest BCUT2D eigenvalue weighted by Gasteiger charge is 2.11. The van der Waals surface area contributed by atoms with Crippen LogP contribution in [0.3, 0.4) is 0 Å². The molecule has 1 unspecified atom stereocenters. The van der Waals surface area contributed by atoms with E-state index in [-0.39, 0.29) is 0 Å². The highest BCUT2D eigenvalue weighted by molar-refractivity contribution is 6.31. The molecule has 1 rings (SSSR count). The van der Waals surface area contributed by atoms with Crippen molar-refractivity contribution in [2.75, 3.05) is 7.05 Å². The lowest BCUT2D eigenvalue weighted by atomic mass is 10.0. The van der Waals surface area contributed by atoms with Crippen LogP contribution in [-0.2, 0) is 0 Å². The highest BCUT2D eigenvalue weighted by atomic mass is 35.5. The van der Waals surface area contributed by atoms with Crippen molar-refractivity contribution in [3.8, 4) is 0 Å². The Morgan fingerprint density at radius 3 is 3.07 bits per heavy atom. The molecular weight excluding hydrogens is 208 g/mol. The van der Waals surface area contributed by atoms with Crippen LogP contribution in [0.15, 0.2) is 31.1 Å². The second kappa shape index (κ2) is 6.59. The molecule has 1 aromatic heterocycles. The number of nitrogens with zero attached hydrogens (tertiary/aromatic N) is 1. The standard InChI is InChI=1S/C12H17ClN2/c1-3-4-5-6-12(14-2)10-7-8-15-9-11(10)13/h3,7-9,12,14H,1,4-6H2,2H3. The second-order valence-electron chi connectivity index (χ2n) is 3.46. The van der Waals surface area contributed by atoms with E-state index in [1.807, 2.05) is 19.2 Å². The van der Waals surface area contributed by atoms with Crippen LogP contribution in [0, 0.1) is 0 Å². The first-order valence-electron chi connectivity index (χ1n) is 5.17. The first kappa shape index (κ1) is 12.2. The van der Waals surface area contributed by atoms with E-state index in [1.54, 1.807) is 12.4 Å². The van der Waals surface area contributed by atoms with Crippen LogP contribution in [0.5, 0.6) is 0 Å². The summed E-state index contributed by atoms with van der Waals surface area (Å²) in [6.07, 6.45) is 8.63. The van der Waals surface area contributed by atoms with Crippen LogP contribution in [0.2, 0.25) is 5.02 Å². The molecule has 1 aromatic rings. The van der Waals surface area contributed by atoms with Gasteiger partial charge < -0.3 is 5.32 Å². The largest absolute Gasteiger partial charge is 0.313 e. The number of nitrogens with one attached hydrogen (secondary N) is 1. The zero-order valence-corrected chi connectivity index (χ0v) is 9.80. The molecule has 1 N–H and O–H groups in total. The summed E-state index contributed by atoms with van der Waals surface area (Å²) >= 11 is 6.09. The van der Waals surface area contributed by atoms with E-state index in [2.05, 4.69) is 16.9 Å². The quantitative estimate of drug-likeness (QED) is 0.592.